The Morgan fingerprint density at radius 3 is 2.05 bits per heavy atom. The number of para-hydroxylation sites is 1. The Labute approximate surface area is 256 Å². The minimum atomic E-state index is 0.878. The molecular formula is C41H23NOS. The van der Waals surface area contributed by atoms with Gasteiger partial charge in [0.1, 0.15) is 11.2 Å². The first-order valence-electron chi connectivity index (χ1n) is 14.9. The van der Waals surface area contributed by atoms with E-state index in [1.807, 2.05) is 23.5 Å². The summed E-state index contributed by atoms with van der Waals surface area (Å²) >= 11 is 1.85. The molecule has 0 aliphatic carbocycles. The largest absolute Gasteiger partial charge is 0.456 e. The fourth-order valence-corrected chi connectivity index (χ4v) is 8.00. The summed E-state index contributed by atoms with van der Waals surface area (Å²) in [6.07, 6.45) is 0. The van der Waals surface area contributed by atoms with Crippen LogP contribution >= 0.6 is 11.3 Å². The number of aromatic nitrogens is 1. The Morgan fingerprint density at radius 1 is 0.455 bits per heavy atom. The van der Waals surface area contributed by atoms with E-state index in [0.29, 0.717) is 0 Å². The highest BCUT2D eigenvalue weighted by atomic mass is 32.1. The van der Waals surface area contributed by atoms with E-state index in [1.165, 1.54) is 52.8 Å². The van der Waals surface area contributed by atoms with Gasteiger partial charge in [0.15, 0.2) is 0 Å². The van der Waals surface area contributed by atoms with Gasteiger partial charge in [-0.25, -0.2) is 4.98 Å². The molecule has 204 valence electrons. The highest BCUT2D eigenvalue weighted by Crippen LogP contribution is 2.43. The molecule has 3 heteroatoms. The third-order valence-electron chi connectivity index (χ3n) is 9.02. The first-order valence-corrected chi connectivity index (χ1v) is 15.7. The second-order valence-corrected chi connectivity index (χ2v) is 12.6. The normalized spacial score (nSPS) is 12.1. The van der Waals surface area contributed by atoms with Crippen LogP contribution in [-0.4, -0.2) is 4.98 Å². The number of hydrogen-bond acceptors (Lipinski definition) is 3. The van der Waals surface area contributed by atoms with Crippen LogP contribution < -0.4 is 0 Å². The van der Waals surface area contributed by atoms with Crippen LogP contribution in [0.25, 0.3) is 96.9 Å². The van der Waals surface area contributed by atoms with Crippen LogP contribution in [0, 0.1) is 0 Å². The lowest BCUT2D eigenvalue weighted by Crippen LogP contribution is -1.91. The number of thiophene rings is 1. The topological polar surface area (TPSA) is 26.0 Å². The molecule has 0 amide bonds. The van der Waals surface area contributed by atoms with Crippen molar-refractivity contribution in [2.75, 3.05) is 0 Å². The summed E-state index contributed by atoms with van der Waals surface area (Å²) in [5, 5.41) is 10.9. The predicted octanol–water partition coefficient (Wildman–Crippen LogP) is 12.1. The maximum absolute atomic E-state index is 6.30. The predicted molar refractivity (Wildman–Crippen MR) is 188 cm³/mol. The van der Waals surface area contributed by atoms with Crippen molar-refractivity contribution in [1.82, 2.24) is 4.98 Å². The molecule has 0 bridgehead atoms. The second kappa shape index (κ2) is 9.00. The lowest BCUT2D eigenvalue weighted by Gasteiger charge is -2.13. The zero-order chi connectivity index (χ0) is 28.8. The number of benzene rings is 7. The molecule has 7 aromatic carbocycles. The standard InChI is InChI=1S/C41H23NOS/c1-2-8-25-19-28(14-13-24(25)7-1)33-23-35(29-15-16-31-30-11-5-6-12-36(30)43-37(31)21-29)42-41-32(33)17-18-38-40(41)34-20-26-9-3-4-10-27(26)22-39(34)44-38/h1-23H. The first-order chi connectivity index (χ1) is 21.8. The number of hydrogen-bond donors (Lipinski definition) is 0. The van der Waals surface area contributed by atoms with Crippen molar-refractivity contribution in [2.45, 2.75) is 0 Å². The summed E-state index contributed by atoms with van der Waals surface area (Å²) < 4.78 is 8.84. The molecule has 0 atom stereocenters. The van der Waals surface area contributed by atoms with Crippen LogP contribution in [0.5, 0.6) is 0 Å². The Hall–Kier alpha value is -5.51. The zero-order valence-electron chi connectivity index (χ0n) is 23.5. The summed E-state index contributed by atoms with van der Waals surface area (Å²) in [7, 11) is 0. The molecular weight excluding hydrogens is 555 g/mol. The Balaban J connectivity index is 1.31. The number of fused-ring (bicyclic) bond motifs is 10. The lowest BCUT2D eigenvalue weighted by atomic mass is 9.94. The molecule has 0 aliphatic rings. The van der Waals surface area contributed by atoms with E-state index in [2.05, 4.69) is 127 Å². The Kier molecular flexibility index (Phi) is 4.90. The third kappa shape index (κ3) is 3.51. The molecule has 0 saturated carbocycles. The fraction of sp³-hybridized carbons (Fsp3) is 0. The Morgan fingerprint density at radius 2 is 1.16 bits per heavy atom. The van der Waals surface area contributed by atoms with Crippen molar-refractivity contribution >= 4 is 85.9 Å². The molecule has 3 aromatic heterocycles. The maximum Gasteiger partial charge on any atom is 0.136 e. The van der Waals surface area contributed by atoms with Gasteiger partial charge in [0.2, 0.25) is 0 Å². The van der Waals surface area contributed by atoms with Crippen molar-refractivity contribution in [3.63, 3.8) is 0 Å². The van der Waals surface area contributed by atoms with Crippen LogP contribution in [-0.2, 0) is 0 Å². The van der Waals surface area contributed by atoms with Gasteiger partial charge < -0.3 is 4.42 Å². The van der Waals surface area contributed by atoms with Crippen molar-refractivity contribution in [2.24, 2.45) is 0 Å². The van der Waals surface area contributed by atoms with E-state index in [-0.39, 0.29) is 0 Å². The highest BCUT2D eigenvalue weighted by Gasteiger charge is 2.17. The summed E-state index contributed by atoms with van der Waals surface area (Å²) in [6, 6.07) is 50.1. The summed E-state index contributed by atoms with van der Waals surface area (Å²) in [5.74, 6) is 0. The molecule has 10 rings (SSSR count). The van der Waals surface area contributed by atoms with E-state index >= 15 is 0 Å². The SMILES string of the molecule is c1ccc2cc(-c3cc(-c4ccc5c(c4)oc4ccccc45)nc4c3ccc3sc5cc6ccccc6cc5c34)ccc2c1. The fourth-order valence-electron chi connectivity index (χ4n) is 6.87. The van der Waals surface area contributed by atoms with Crippen LogP contribution in [0.15, 0.2) is 144 Å². The van der Waals surface area contributed by atoms with Gasteiger partial charge in [-0.1, -0.05) is 91.0 Å². The van der Waals surface area contributed by atoms with Gasteiger partial charge in [0.25, 0.3) is 0 Å². The van der Waals surface area contributed by atoms with Gasteiger partial charge in [0.05, 0.1) is 11.2 Å². The van der Waals surface area contributed by atoms with E-state index < -0.39 is 0 Å². The second-order valence-electron chi connectivity index (χ2n) is 11.6. The van der Waals surface area contributed by atoms with Crippen LogP contribution in [0.1, 0.15) is 0 Å². The minimum Gasteiger partial charge on any atom is -0.456 e. The Bertz CT molecular complexity index is 2780. The smallest absolute Gasteiger partial charge is 0.136 e. The quantitative estimate of drug-likeness (QED) is 0.204. The van der Waals surface area contributed by atoms with Gasteiger partial charge >= 0.3 is 0 Å². The third-order valence-corrected chi connectivity index (χ3v) is 10.1. The highest BCUT2D eigenvalue weighted by molar-refractivity contribution is 7.26. The van der Waals surface area contributed by atoms with Crippen molar-refractivity contribution in [3.05, 3.63) is 140 Å². The lowest BCUT2D eigenvalue weighted by molar-refractivity contribution is 0.669. The van der Waals surface area contributed by atoms with Crippen molar-refractivity contribution in [1.29, 1.82) is 0 Å². The molecule has 0 radical (unpaired) electrons. The molecule has 0 unspecified atom stereocenters. The average molecular weight is 578 g/mol. The molecule has 0 fully saturated rings. The average Bonchev–Trinajstić information content (AvgIpc) is 3.64. The molecule has 0 saturated heterocycles. The maximum atomic E-state index is 6.30. The number of pyridine rings is 1. The molecule has 0 N–H and O–H groups in total. The van der Waals surface area contributed by atoms with Crippen molar-refractivity contribution in [3.8, 4) is 22.4 Å². The molecule has 10 aromatic rings. The van der Waals surface area contributed by atoms with E-state index in [4.69, 9.17) is 9.40 Å². The number of nitrogens with zero attached hydrogens (tertiary/aromatic N) is 1. The summed E-state index contributed by atoms with van der Waals surface area (Å²) in [5.41, 5.74) is 7.17. The van der Waals surface area contributed by atoms with Crippen LogP contribution in [0.2, 0.25) is 0 Å². The van der Waals surface area contributed by atoms with Gasteiger partial charge in [-0.05, 0) is 81.2 Å². The van der Waals surface area contributed by atoms with Gasteiger partial charge in [-0.3, -0.25) is 0 Å². The van der Waals surface area contributed by atoms with E-state index in [0.717, 1.165) is 44.1 Å². The van der Waals surface area contributed by atoms with Gasteiger partial charge in [-0.15, -0.1) is 11.3 Å². The zero-order valence-corrected chi connectivity index (χ0v) is 24.4. The van der Waals surface area contributed by atoms with Gasteiger partial charge in [0, 0.05) is 41.9 Å². The molecule has 3 heterocycles. The monoisotopic (exact) mass is 577 g/mol. The summed E-state index contributed by atoms with van der Waals surface area (Å²) in [6.45, 7) is 0. The van der Waals surface area contributed by atoms with E-state index in [9.17, 15) is 0 Å². The molecule has 2 nitrogen and oxygen atoms in total. The molecule has 44 heavy (non-hydrogen) atoms. The van der Waals surface area contributed by atoms with Crippen LogP contribution in [0.3, 0.4) is 0 Å². The molecule has 0 spiro atoms. The first kappa shape index (κ1) is 24.0. The number of rotatable bonds is 2. The van der Waals surface area contributed by atoms with Gasteiger partial charge in [-0.2, -0.15) is 0 Å². The van der Waals surface area contributed by atoms with Crippen LogP contribution in [0.4, 0.5) is 0 Å². The van der Waals surface area contributed by atoms with E-state index in [1.54, 1.807) is 0 Å². The molecule has 0 aliphatic heterocycles. The minimum absolute atomic E-state index is 0.878. The number of furan rings is 1. The van der Waals surface area contributed by atoms with Crippen molar-refractivity contribution < 1.29 is 4.42 Å². The summed E-state index contributed by atoms with van der Waals surface area (Å²) in [4.78, 5) is 5.45.